The number of carbonyl (C=O) groups is 2. The molecule has 2 aliphatic rings. The van der Waals surface area contributed by atoms with E-state index < -0.39 is 11.5 Å². The molecule has 25 heavy (non-hydrogen) atoms. The van der Waals surface area contributed by atoms with Crippen LogP contribution < -0.4 is 10.1 Å². The van der Waals surface area contributed by atoms with Crippen molar-refractivity contribution < 1.29 is 19.4 Å². The molecule has 2 aliphatic heterocycles. The molecule has 1 spiro atoms. The zero-order valence-electron chi connectivity index (χ0n) is 14.9. The van der Waals surface area contributed by atoms with Crippen molar-refractivity contribution in [3.63, 3.8) is 0 Å². The first-order valence-corrected chi connectivity index (χ1v) is 8.83. The second-order valence-electron chi connectivity index (χ2n) is 7.34. The number of hydrogen-bond donors (Lipinski definition) is 2. The molecule has 3 rings (SSSR count). The average molecular weight is 346 g/mol. The first kappa shape index (κ1) is 17.7. The van der Waals surface area contributed by atoms with E-state index in [-0.39, 0.29) is 18.4 Å². The fourth-order valence-electron chi connectivity index (χ4n) is 3.88. The zero-order valence-corrected chi connectivity index (χ0v) is 14.9. The summed E-state index contributed by atoms with van der Waals surface area (Å²) in [6, 6.07) is 5.89. The number of carbonyl (C=O) groups excluding carboxylic acids is 2. The van der Waals surface area contributed by atoms with Crippen LogP contribution >= 0.6 is 0 Å². The van der Waals surface area contributed by atoms with Crippen molar-refractivity contribution in [1.82, 2.24) is 10.2 Å². The Bertz CT molecular complexity index is 645. The van der Waals surface area contributed by atoms with E-state index in [4.69, 9.17) is 4.74 Å². The van der Waals surface area contributed by atoms with Crippen molar-refractivity contribution in [3.05, 3.63) is 29.3 Å². The Morgan fingerprint density at radius 3 is 2.56 bits per heavy atom. The van der Waals surface area contributed by atoms with Gasteiger partial charge in [-0.15, -0.1) is 0 Å². The molecule has 0 aliphatic carbocycles. The molecule has 0 saturated carbocycles. The Morgan fingerprint density at radius 2 is 1.92 bits per heavy atom. The lowest BCUT2D eigenvalue weighted by Crippen LogP contribution is -2.56. The first-order chi connectivity index (χ1) is 11.9. The number of ether oxygens (including phenoxy) is 1. The third kappa shape index (κ3) is 3.95. The maximum absolute atomic E-state index is 12.4. The number of hydrogen-bond acceptors (Lipinski definition) is 4. The van der Waals surface area contributed by atoms with Crippen LogP contribution in [0.25, 0.3) is 0 Å². The molecule has 2 saturated heterocycles. The van der Waals surface area contributed by atoms with Crippen LogP contribution in [0.3, 0.4) is 0 Å². The molecule has 1 aromatic rings. The second kappa shape index (κ2) is 7.04. The molecule has 6 nitrogen and oxygen atoms in total. The lowest BCUT2D eigenvalue weighted by molar-refractivity contribution is -0.146. The minimum atomic E-state index is -0.525. The van der Waals surface area contributed by atoms with Crippen LogP contribution in [0.5, 0.6) is 5.75 Å². The number of benzene rings is 1. The minimum Gasteiger partial charge on any atom is -0.484 e. The number of amides is 2. The highest BCUT2D eigenvalue weighted by molar-refractivity contribution is 5.84. The van der Waals surface area contributed by atoms with Gasteiger partial charge in [0.05, 0.1) is 11.5 Å². The molecule has 2 heterocycles. The number of aryl methyl sites for hydroxylation is 2. The molecular formula is C19H26N2O4. The number of likely N-dealkylation sites (tertiary alicyclic amines) is 1. The smallest absolute Gasteiger partial charge is 0.260 e. The van der Waals surface area contributed by atoms with E-state index in [1.165, 1.54) is 0 Å². The van der Waals surface area contributed by atoms with Gasteiger partial charge in [0, 0.05) is 19.6 Å². The van der Waals surface area contributed by atoms with Gasteiger partial charge in [0.15, 0.2) is 6.61 Å². The van der Waals surface area contributed by atoms with Gasteiger partial charge in [0.2, 0.25) is 5.91 Å². The molecule has 136 valence electrons. The molecule has 1 atom stereocenters. The van der Waals surface area contributed by atoms with E-state index in [0.717, 1.165) is 11.1 Å². The van der Waals surface area contributed by atoms with E-state index >= 15 is 0 Å². The van der Waals surface area contributed by atoms with Crippen molar-refractivity contribution in [2.24, 2.45) is 5.41 Å². The quantitative estimate of drug-likeness (QED) is 0.861. The third-order valence-corrected chi connectivity index (χ3v) is 5.24. The van der Waals surface area contributed by atoms with E-state index in [9.17, 15) is 14.7 Å². The van der Waals surface area contributed by atoms with Crippen molar-refractivity contribution in [1.29, 1.82) is 0 Å². The van der Waals surface area contributed by atoms with Crippen LogP contribution in [0.15, 0.2) is 18.2 Å². The summed E-state index contributed by atoms with van der Waals surface area (Å²) < 4.78 is 5.65. The summed E-state index contributed by atoms with van der Waals surface area (Å²) >= 11 is 0. The maximum atomic E-state index is 12.4. The maximum Gasteiger partial charge on any atom is 0.260 e. The van der Waals surface area contributed by atoms with E-state index in [0.29, 0.717) is 44.6 Å². The number of β-amino-alcohol motifs (C(OH)–C–C–N with tert-alkyl or cyclic N) is 1. The molecule has 6 heteroatoms. The second-order valence-corrected chi connectivity index (χ2v) is 7.34. The normalized spacial score (nSPS) is 22.6. The van der Waals surface area contributed by atoms with Gasteiger partial charge < -0.3 is 20.1 Å². The standard InChI is InChI=1S/C19H26N2O4/c1-13-7-14(2)9-16(8-13)25-12-17(23)21-5-3-19(4-6-21)10-15(22)11-20-18(19)24/h7-9,15,22H,3-6,10-12H2,1-2H3,(H,20,24). The van der Waals surface area contributed by atoms with E-state index in [1.807, 2.05) is 26.0 Å². The van der Waals surface area contributed by atoms with Crippen molar-refractivity contribution in [2.75, 3.05) is 26.2 Å². The highest BCUT2D eigenvalue weighted by Gasteiger charge is 2.45. The molecule has 2 fully saturated rings. The molecule has 2 N–H and O–H groups in total. The topological polar surface area (TPSA) is 78.9 Å². The van der Waals surface area contributed by atoms with Gasteiger partial charge >= 0.3 is 0 Å². The Morgan fingerprint density at radius 1 is 1.28 bits per heavy atom. The van der Waals surface area contributed by atoms with Crippen LogP contribution in [0.1, 0.15) is 30.4 Å². The number of piperidine rings is 2. The van der Waals surface area contributed by atoms with E-state index in [2.05, 4.69) is 11.4 Å². The summed E-state index contributed by atoms with van der Waals surface area (Å²) in [6.45, 7) is 5.37. The third-order valence-electron chi connectivity index (χ3n) is 5.24. The molecule has 0 bridgehead atoms. The van der Waals surface area contributed by atoms with Crippen LogP contribution in [0.2, 0.25) is 0 Å². The van der Waals surface area contributed by atoms with Crippen molar-refractivity contribution in [2.45, 2.75) is 39.2 Å². The van der Waals surface area contributed by atoms with Crippen molar-refractivity contribution in [3.8, 4) is 5.75 Å². The summed E-state index contributed by atoms with van der Waals surface area (Å²) in [7, 11) is 0. The fraction of sp³-hybridized carbons (Fsp3) is 0.579. The van der Waals surface area contributed by atoms with Crippen molar-refractivity contribution >= 4 is 11.8 Å². The predicted octanol–water partition coefficient (Wildman–Crippen LogP) is 1.17. The zero-order chi connectivity index (χ0) is 18.0. The summed E-state index contributed by atoms with van der Waals surface area (Å²) in [6.07, 6.45) is 1.17. The molecule has 1 unspecified atom stereocenters. The van der Waals surface area contributed by atoms with E-state index in [1.54, 1.807) is 4.90 Å². The van der Waals surface area contributed by atoms with Gasteiger partial charge in [0.25, 0.3) is 5.91 Å². The van der Waals surface area contributed by atoms with Crippen LogP contribution in [0, 0.1) is 19.3 Å². The molecule has 0 radical (unpaired) electrons. The Hall–Kier alpha value is -2.08. The van der Waals surface area contributed by atoms with Crippen LogP contribution in [-0.4, -0.2) is 54.2 Å². The SMILES string of the molecule is Cc1cc(C)cc(OCC(=O)N2CCC3(CC2)CC(O)CNC3=O)c1. The monoisotopic (exact) mass is 346 g/mol. The molecular weight excluding hydrogens is 320 g/mol. The van der Waals surface area contributed by atoms with Gasteiger partial charge in [0.1, 0.15) is 5.75 Å². The Balaban J connectivity index is 1.54. The number of aliphatic hydroxyl groups is 1. The van der Waals surface area contributed by atoms with Gasteiger partial charge in [-0.25, -0.2) is 0 Å². The van der Waals surface area contributed by atoms with Gasteiger partial charge in [-0.2, -0.15) is 0 Å². The lowest BCUT2D eigenvalue weighted by Gasteiger charge is -2.44. The lowest BCUT2D eigenvalue weighted by atomic mass is 9.71. The van der Waals surface area contributed by atoms with Gasteiger partial charge in [-0.05, 0) is 56.4 Å². The summed E-state index contributed by atoms with van der Waals surface area (Å²) in [5.41, 5.74) is 1.68. The molecule has 1 aromatic carbocycles. The van der Waals surface area contributed by atoms with Crippen LogP contribution in [0.4, 0.5) is 0 Å². The average Bonchev–Trinajstić information content (AvgIpc) is 2.56. The minimum absolute atomic E-state index is 0.00468. The summed E-state index contributed by atoms with van der Waals surface area (Å²) in [4.78, 5) is 26.4. The highest BCUT2D eigenvalue weighted by Crippen LogP contribution is 2.38. The number of nitrogens with zero attached hydrogens (tertiary/aromatic N) is 1. The number of aliphatic hydroxyl groups excluding tert-OH is 1. The fourth-order valence-corrected chi connectivity index (χ4v) is 3.88. The summed E-state index contributed by atoms with van der Waals surface area (Å²) in [5.74, 6) is 0.649. The Labute approximate surface area is 148 Å². The Kier molecular flexibility index (Phi) is 4.99. The van der Waals surface area contributed by atoms with Gasteiger partial charge in [-0.3, -0.25) is 9.59 Å². The van der Waals surface area contributed by atoms with Crippen LogP contribution in [-0.2, 0) is 9.59 Å². The molecule has 0 aromatic heterocycles. The number of nitrogens with one attached hydrogen (secondary N) is 1. The van der Waals surface area contributed by atoms with Gasteiger partial charge in [-0.1, -0.05) is 6.07 Å². The predicted molar refractivity (Wildman–Crippen MR) is 93.3 cm³/mol. The largest absolute Gasteiger partial charge is 0.484 e. The highest BCUT2D eigenvalue weighted by atomic mass is 16.5. The summed E-state index contributed by atoms with van der Waals surface area (Å²) in [5, 5.41) is 12.6. The number of rotatable bonds is 3. The first-order valence-electron chi connectivity index (χ1n) is 8.83. The molecule has 2 amide bonds.